The van der Waals surface area contributed by atoms with Crippen molar-refractivity contribution in [3.8, 4) is 16.5 Å². The lowest BCUT2D eigenvalue weighted by molar-refractivity contribution is -0.133. The van der Waals surface area contributed by atoms with Crippen molar-refractivity contribution in [3.05, 3.63) is 46.3 Å². The van der Waals surface area contributed by atoms with Gasteiger partial charge in [0.15, 0.2) is 0 Å². The quantitative estimate of drug-likeness (QED) is 0.476. The van der Waals surface area contributed by atoms with Crippen molar-refractivity contribution in [1.82, 2.24) is 15.5 Å². The molecule has 2 aliphatic heterocycles. The number of aryl methyl sites for hydroxylation is 1. The Morgan fingerprint density at radius 3 is 2.87 bits per heavy atom. The van der Waals surface area contributed by atoms with Crippen LogP contribution in [-0.4, -0.2) is 62.8 Å². The molecular weight excluding hydrogens is 512 g/mol. The van der Waals surface area contributed by atoms with E-state index in [0.29, 0.717) is 25.0 Å². The average molecular weight is 549 g/mol. The summed E-state index contributed by atoms with van der Waals surface area (Å²) >= 11 is 3.56. The van der Waals surface area contributed by atoms with E-state index in [1.165, 1.54) is 58.6 Å². The van der Waals surface area contributed by atoms with Crippen LogP contribution in [0.4, 0.5) is 0 Å². The van der Waals surface area contributed by atoms with E-state index in [2.05, 4.69) is 59.0 Å². The predicted octanol–water partition coefficient (Wildman–Crippen LogP) is 4.86. The summed E-state index contributed by atoms with van der Waals surface area (Å²) in [7, 11) is 2.24. The SMILES string of the molecule is CN1CCC2(CCc3ccc(-c4cc5sc(C[C@H](C#N)NC(=O)[C@@H]6CNCCCCO6)cc5s4)cc32)CC1. The zero-order valence-electron chi connectivity index (χ0n) is 22.1. The van der Waals surface area contributed by atoms with Crippen LogP contribution < -0.4 is 10.6 Å². The topological polar surface area (TPSA) is 77.4 Å². The maximum Gasteiger partial charge on any atom is 0.251 e. The van der Waals surface area contributed by atoms with Gasteiger partial charge >= 0.3 is 0 Å². The van der Waals surface area contributed by atoms with Gasteiger partial charge in [0.1, 0.15) is 12.1 Å². The van der Waals surface area contributed by atoms with Crippen molar-refractivity contribution in [2.75, 3.05) is 39.8 Å². The summed E-state index contributed by atoms with van der Waals surface area (Å²) in [4.78, 5) is 17.6. The predicted molar refractivity (Wildman–Crippen MR) is 155 cm³/mol. The van der Waals surface area contributed by atoms with Crippen molar-refractivity contribution in [2.24, 2.45) is 0 Å². The number of carbonyl (C=O) groups excluding carboxylic acids is 1. The fourth-order valence-corrected chi connectivity index (χ4v) is 8.74. The smallest absolute Gasteiger partial charge is 0.251 e. The lowest BCUT2D eigenvalue weighted by Crippen LogP contribution is -2.47. The molecule has 0 unspecified atom stereocenters. The van der Waals surface area contributed by atoms with Crippen molar-refractivity contribution >= 4 is 38.0 Å². The first-order valence-corrected chi connectivity index (χ1v) is 15.5. The molecule has 4 heterocycles. The summed E-state index contributed by atoms with van der Waals surface area (Å²) in [6.07, 6.45) is 7.01. The molecule has 1 aromatic carbocycles. The zero-order chi connectivity index (χ0) is 26.1. The molecule has 3 aromatic rings. The van der Waals surface area contributed by atoms with Crippen LogP contribution in [-0.2, 0) is 27.8 Å². The van der Waals surface area contributed by atoms with Gasteiger partial charge in [-0.05, 0) is 106 Å². The fraction of sp³-hybridized carbons (Fsp3) is 0.533. The number of rotatable bonds is 5. The zero-order valence-corrected chi connectivity index (χ0v) is 23.7. The largest absolute Gasteiger partial charge is 0.367 e. The Bertz CT molecular complexity index is 1310. The first-order chi connectivity index (χ1) is 18.5. The van der Waals surface area contributed by atoms with Gasteiger partial charge in [-0.15, -0.1) is 22.7 Å². The second-order valence-corrected chi connectivity index (χ2v) is 13.4. The Morgan fingerprint density at radius 1 is 1.21 bits per heavy atom. The highest BCUT2D eigenvalue weighted by Crippen LogP contribution is 2.48. The van der Waals surface area contributed by atoms with Crippen LogP contribution in [0.2, 0.25) is 0 Å². The average Bonchev–Trinajstić information content (AvgIpc) is 3.57. The summed E-state index contributed by atoms with van der Waals surface area (Å²) in [5.74, 6) is -0.203. The highest BCUT2D eigenvalue weighted by Gasteiger charge is 2.40. The van der Waals surface area contributed by atoms with Gasteiger partial charge < -0.3 is 20.3 Å². The number of likely N-dealkylation sites (tertiary alicyclic amines) is 1. The second-order valence-electron chi connectivity index (χ2n) is 11.2. The van der Waals surface area contributed by atoms with Crippen LogP contribution in [0.3, 0.4) is 0 Å². The van der Waals surface area contributed by atoms with Gasteiger partial charge in [-0.3, -0.25) is 4.79 Å². The Balaban J connectivity index is 1.14. The molecule has 3 aliphatic rings. The number of hydrogen-bond donors (Lipinski definition) is 2. The third-order valence-electron chi connectivity index (χ3n) is 8.61. The van der Waals surface area contributed by atoms with Crippen LogP contribution in [0.1, 0.15) is 48.1 Å². The van der Waals surface area contributed by atoms with E-state index in [1.54, 1.807) is 22.5 Å². The molecule has 200 valence electrons. The highest BCUT2D eigenvalue weighted by molar-refractivity contribution is 7.29. The fourth-order valence-electron chi connectivity index (χ4n) is 6.28. The standard InChI is InChI=1S/C30H36N4O2S2/c1-34-11-8-30(9-12-34)7-6-20-4-5-21(14-24(20)30)26-17-28-27(38-26)16-23(37-28)15-22(18-31)33-29(35)25-19-32-10-2-3-13-36-25/h4-5,14,16-17,22,25,32H,2-3,6-13,15,19H2,1H3,(H,33,35)/t22-,25+/m1/s1. The summed E-state index contributed by atoms with van der Waals surface area (Å²) in [5, 5.41) is 15.9. The van der Waals surface area contributed by atoms with Crippen LogP contribution in [0.5, 0.6) is 0 Å². The molecule has 6 rings (SSSR count). The van der Waals surface area contributed by atoms with E-state index in [1.807, 2.05) is 11.3 Å². The normalized spacial score (nSPS) is 22.5. The molecule has 2 fully saturated rings. The highest BCUT2D eigenvalue weighted by atomic mass is 32.1. The first kappa shape index (κ1) is 26.0. The Morgan fingerprint density at radius 2 is 2.05 bits per heavy atom. The monoisotopic (exact) mass is 548 g/mol. The Kier molecular flexibility index (Phi) is 7.56. The van der Waals surface area contributed by atoms with Gasteiger partial charge in [0.2, 0.25) is 0 Å². The first-order valence-electron chi connectivity index (χ1n) is 13.9. The number of thiophene rings is 2. The van der Waals surface area contributed by atoms with Gasteiger partial charge in [-0.25, -0.2) is 0 Å². The molecule has 2 aromatic heterocycles. The number of piperidine rings is 1. The van der Waals surface area contributed by atoms with E-state index in [9.17, 15) is 10.1 Å². The number of carbonyl (C=O) groups is 1. The van der Waals surface area contributed by atoms with Crippen molar-refractivity contribution in [1.29, 1.82) is 5.26 Å². The molecule has 2 saturated heterocycles. The Labute approximate surface area is 233 Å². The van der Waals surface area contributed by atoms with Crippen LogP contribution in [0.15, 0.2) is 30.3 Å². The van der Waals surface area contributed by atoms with E-state index < -0.39 is 12.1 Å². The summed E-state index contributed by atoms with van der Waals surface area (Å²) in [6.45, 7) is 4.35. The number of hydrogen-bond acceptors (Lipinski definition) is 7. The number of ether oxygens (including phenoxy) is 1. The van der Waals surface area contributed by atoms with Crippen LogP contribution in [0, 0.1) is 11.3 Å². The van der Waals surface area contributed by atoms with E-state index in [4.69, 9.17) is 4.74 Å². The van der Waals surface area contributed by atoms with Gasteiger partial charge in [0.25, 0.3) is 5.91 Å². The molecule has 6 nitrogen and oxygen atoms in total. The minimum atomic E-state index is -0.564. The van der Waals surface area contributed by atoms with Crippen molar-refractivity contribution in [3.63, 3.8) is 0 Å². The maximum absolute atomic E-state index is 12.7. The van der Waals surface area contributed by atoms with Gasteiger partial charge in [0.05, 0.1) is 6.07 Å². The van der Waals surface area contributed by atoms with Gasteiger partial charge in [-0.2, -0.15) is 5.26 Å². The maximum atomic E-state index is 12.7. The van der Waals surface area contributed by atoms with Gasteiger partial charge in [0, 0.05) is 38.7 Å². The number of nitrogens with zero attached hydrogens (tertiary/aromatic N) is 2. The number of benzene rings is 1. The number of amides is 1. The number of nitriles is 1. The minimum Gasteiger partial charge on any atom is -0.367 e. The van der Waals surface area contributed by atoms with Crippen molar-refractivity contribution in [2.45, 2.75) is 62.5 Å². The summed E-state index contributed by atoms with van der Waals surface area (Å²) in [6, 6.07) is 13.4. The molecule has 2 N–H and O–H groups in total. The number of nitrogens with one attached hydrogen (secondary N) is 2. The molecule has 2 atom stereocenters. The Hall–Kier alpha value is -2.28. The lowest BCUT2D eigenvalue weighted by atomic mass is 9.73. The molecule has 1 aliphatic carbocycles. The lowest BCUT2D eigenvalue weighted by Gasteiger charge is -2.38. The molecule has 1 spiro atoms. The van der Waals surface area contributed by atoms with Crippen LogP contribution >= 0.6 is 22.7 Å². The molecule has 0 radical (unpaired) electrons. The van der Waals surface area contributed by atoms with Crippen LogP contribution in [0.25, 0.3) is 19.8 Å². The molecule has 1 amide bonds. The summed E-state index contributed by atoms with van der Waals surface area (Å²) < 4.78 is 8.23. The van der Waals surface area contributed by atoms with Crippen molar-refractivity contribution < 1.29 is 9.53 Å². The van der Waals surface area contributed by atoms with E-state index >= 15 is 0 Å². The van der Waals surface area contributed by atoms with Gasteiger partial charge in [-0.1, -0.05) is 12.1 Å². The number of fused-ring (bicyclic) bond motifs is 3. The molecule has 8 heteroatoms. The molecule has 0 bridgehead atoms. The van der Waals surface area contributed by atoms with E-state index in [-0.39, 0.29) is 5.91 Å². The molecular formula is C30H36N4O2S2. The third kappa shape index (κ3) is 5.28. The third-order valence-corrected chi connectivity index (χ3v) is 11.0. The molecule has 0 saturated carbocycles. The second kappa shape index (κ2) is 11.1. The summed E-state index contributed by atoms with van der Waals surface area (Å²) in [5.41, 5.74) is 4.84. The van der Waals surface area contributed by atoms with E-state index in [0.717, 1.165) is 24.3 Å². The molecule has 38 heavy (non-hydrogen) atoms. The minimum absolute atomic E-state index is 0.203.